The molecule has 5 heteroatoms. The summed E-state index contributed by atoms with van der Waals surface area (Å²) in [5, 5.41) is 3.16. The van der Waals surface area contributed by atoms with Gasteiger partial charge in [0.1, 0.15) is 11.8 Å². The molecule has 0 aliphatic heterocycles. The number of nitrogens with one attached hydrogen (secondary N) is 1. The molecule has 1 aromatic carbocycles. The molecule has 0 saturated carbocycles. The van der Waals surface area contributed by atoms with Gasteiger partial charge in [-0.3, -0.25) is 0 Å². The number of carbonyl (C=O) groups excluding carboxylic acids is 1. The molecule has 0 heterocycles. The highest BCUT2D eigenvalue weighted by atomic mass is 79.9. The average molecular weight is 316 g/mol. The first-order chi connectivity index (χ1) is 8.63. The maximum absolute atomic E-state index is 11.8. The standard InChI is InChI=1S/C13H18BrNO3/c1-4-7-15-12(13(16)18-3)10-8-9(14)5-6-11(10)17-2/h5-6,8,12,15H,4,7H2,1-3H3. The van der Waals surface area contributed by atoms with Crippen molar-refractivity contribution in [3.63, 3.8) is 0 Å². The molecule has 100 valence electrons. The van der Waals surface area contributed by atoms with Crippen molar-refractivity contribution in [1.29, 1.82) is 0 Å². The van der Waals surface area contributed by atoms with Crippen molar-refractivity contribution in [2.24, 2.45) is 0 Å². The van der Waals surface area contributed by atoms with Crippen LogP contribution < -0.4 is 10.1 Å². The summed E-state index contributed by atoms with van der Waals surface area (Å²) in [6.45, 7) is 2.77. The minimum atomic E-state index is -0.512. The molecule has 0 fully saturated rings. The summed E-state index contributed by atoms with van der Waals surface area (Å²) in [6.07, 6.45) is 0.934. The molecule has 0 radical (unpaired) electrons. The number of benzene rings is 1. The van der Waals surface area contributed by atoms with Crippen LogP contribution in [0.25, 0.3) is 0 Å². The van der Waals surface area contributed by atoms with E-state index in [1.807, 2.05) is 25.1 Å². The zero-order valence-corrected chi connectivity index (χ0v) is 12.4. The van der Waals surface area contributed by atoms with Crippen molar-refractivity contribution >= 4 is 21.9 Å². The SMILES string of the molecule is CCCNC(C(=O)OC)c1cc(Br)ccc1OC. The van der Waals surface area contributed by atoms with Crippen LogP contribution in [-0.4, -0.2) is 26.7 Å². The Morgan fingerprint density at radius 1 is 1.44 bits per heavy atom. The fourth-order valence-electron chi connectivity index (χ4n) is 1.66. The zero-order valence-electron chi connectivity index (χ0n) is 10.8. The van der Waals surface area contributed by atoms with Crippen molar-refractivity contribution in [2.75, 3.05) is 20.8 Å². The fourth-order valence-corrected chi connectivity index (χ4v) is 2.04. The Morgan fingerprint density at radius 2 is 2.17 bits per heavy atom. The molecule has 0 bridgehead atoms. The third-order valence-electron chi connectivity index (χ3n) is 2.54. The van der Waals surface area contributed by atoms with Crippen LogP contribution >= 0.6 is 15.9 Å². The molecular weight excluding hydrogens is 298 g/mol. The minimum Gasteiger partial charge on any atom is -0.496 e. The molecule has 0 saturated heterocycles. The van der Waals surface area contributed by atoms with Crippen LogP contribution in [0.15, 0.2) is 22.7 Å². The van der Waals surface area contributed by atoms with E-state index in [0.29, 0.717) is 5.75 Å². The van der Waals surface area contributed by atoms with Gasteiger partial charge in [0, 0.05) is 10.0 Å². The van der Waals surface area contributed by atoms with Crippen molar-refractivity contribution in [2.45, 2.75) is 19.4 Å². The highest BCUT2D eigenvalue weighted by Gasteiger charge is 2.24. The fraction of sp³-hybridized carbons (Fsp3) is 0.462. The van der Waals surface area contributed by atoms with Gasteiger partial charge in [-0.15, -0.1) is 0 Å². The first kappa shape index (κ1) is 15.0. The predicted octanol–water partition coefficient (Wildman–Crippen LogP) is 2.67. The second kappa shape index (κ2) is 7.38. The van der Waals surface area contributed by atoms with Gasteiger partial charge in [0.05, 0.1) is 14.2 Å². The topological polar surface area (TPSA) is 47.6 Å². The molecule has 1 N–H and O–H groups in total. The van der Waals surface area contributed by atoms with Crippen LogP contribution in [0.5, 0.6) is 5.75 Å². The number of halogens is 1. The molecule has 4 nitrogen and oxygen atoms in total. The van der Waals surface area contributed by atoms with E-state index in [9.17, 15) is 4.79 Å². The lowest BCUT2D eigenvalue weighted by atomic mass is 10.1. The van der Waals surface area contributed by atoms with Gasteiger partial charge in [-0.25, -0.2) is 4.79 Å². The number of methoxy groups -OCH3 is 2. The Balaban J connectivity index is 3.10. The lowest BCUT2D eigenvalue weighted by molar-refractivity contribution is -0.143. The van der Waals surface area contributed by atoms with E-state index < -0.39 is 6.04 Å². The molecule has 0 aliphatic rings. The van der Waals surface area contributed by atoms with Gasteiger partial charge < -0.3 is 14.8 Å². The zero-order chi connectivity index (χ0) is 13.5. The molecule has 1 rings (SSSR count). The Bertz CT molecular complexity index is 409. The average Bonchev–Trinajstić information content (AvgIpc) is 2.39. The van der Waals surface area contributed by atoms with Gasteiger partial charge in [-0.1, -0.05) is 22.9 Å². The molecule has 1 aromatic rings. The maximum atomic E-state index is 11.8. The summed E-state index contributed by atoms with van der Waals surface area (Å²) in [4.78, 5) is 11.8. The first-order valence-corrected chi connectivity index (χ1v) is 6.58. The van der Waals surface area contributed by atoms with Crippen LogP contribution in [0.2, 0.25) is 0 Å². The van der Waals surface area contributed by atoms with Crippen LogP contribution in [0, 0.1) is 0 Å². The summed E-state index contributed by atoms with van der Waals surface area (Å²) >= 11 is 3.40. The van der Waals surface area contributed by atoms with Gasteiger partial charge in [0.25, 0.3) is 0 Å². The molecular formula is C13H18BrNO3. The molecule has 1 unspecified atom stereocenters. The normalized spacial score (nSPS) is 12.0. The number of esters is 1. The van der Waals surface area contributed by atoms with E-state index in [4.69, 9.17) is 9.47 Å². The van der Waals surface area contributed by atoms with Gasteiger partial charge >= 0.3 is 5.97 Å². The first-order valence-electron chi connectivity index (χ1n) is 5.78. The second-order valence-electron chi connectivity index (χ2n) is 3.80. The van der Waals surface area contributed by atoms with Crippen molar-refractivity contribution in [3.05, 3.63) is 28.2 Å². The van der Waals surface area contributed by atoms with E-state index in [1.165, 1.54) is 7.11 Å². The number of carbonyl (C=O) groups is 1. The number of ether oxygens (including phenoxy) is 2. The van der Waals surface area contributed by atoms with Crippen LogP contribution in [0.4, 0.5) is 0 Å². The summed E-state index contributed by atoms with van der Waals surface area (Å²) in [6, 6.07) is 5.05. The lowest BCUT2D eigenvalue weighted by Crippen LogP contribution is -2.30. The van der Waals surface area contributed by atoms with Crippen molar-refractivity contribution in [3.8, 4) is 5.75 Å². The van der Waals surface area contributed by atoms with E-state index in [2.05, 4.69) is 21.2 Å². The summed E-state index contributed by atoms with van der Waals surface area (Å²) in [5.74, 6) is 0.344. The minimum absolute atomic E-state index is 0.320. The van der Waals surface area contributed by atoms with Gasteiger partial charge in [-0.05, 0) is 31.2 Å². The van der Waals surface area contributed by atoms with E-state index in [0.717, 1.165) is 23.0 Å². The van der Waals surface area contributed by atoms with Crippen LogP contribution in [0.1, 0.15) is 24.9 Å². The van der Waals surface area contributed by atoms with Crippen molar-refractivity contribution < 1.29 is 14.3 Å². The smallest absolute Gasteiger partial charge is 0.327 e. The Kier molecular flexibility index (Phi) is 6.15. The molecule has 0 aliphatic carbocycles. The highest BCUT2D eigenvalue weighted by molar-refractivity contribution is 9.10. The van der Waals surface area contributed by atoms with Gasteiger partial charge in [-0.2, -0.15) is 0 Å². The second-order valence-corrected chi connectivity index (χ2v) is 4.71. The van der Waals surface area contributed by atoms with Gasteiger partial charge in [0.2, 0.25) is 0 Å². The summed E-state index contributed by atoms with van der Waals surface area (Å²) in [5.41, 5.74) is 0.771. The molecule has 0 aromatic heterocycles. The van der Waals surface area contributed by atoms with Crippen molar-refractivity contribution in [1.82, 2.24) is 5.32 Å². The third-order valence-corrected chi connectivity index (χ3v) is 3.03. The monoisotopic (exact) mass is 315 g/mol. The largest absolute Gasteiger partial charge is 0.496 e. The predicted molar refractivity (Wildman–Crippen MR) is 73.7 cm³/mol. The molecule has 1 atom stereocenters. The van der Waals surface area contributed by atoms with Crippen LogP contribution in [-0.2, 0) is 9.53 Å². The van der Waals surface area contributed by atoms with E-state index >= 15 is 0 Å². The quantitative estimate of drug-likeness (QED) is 0.820. The van der Waals surface area contributed by atoms with E-state index in [-0.39, 0.29) is 5.97 Å². The third kappa shape index (κ3) is 3.71. The lowest BCUT2D eigenvalue weighted by Gasteiger charge is -2.19. The number of hydrogen-bond acceptors (Lipinski definition) is 4. The summed E-state index contributed by atoms with van der Waals surface area (Å²) < 4.78 is 11.0. The molecule has 18 heavy (non-hydrogen) atoms. The maximum Gasteiger partial charge on any atom is 0.327 e. The Morgan fingerprint density at radius 3 is 2.72 bits per heavy atom. The Labute approximate surface area is 116 Å². The molecule has 0 spiro atoms. The van der Waals surface area contributed by atoms with E-state index in [1.54, 1.807) is 7.11 Å². The van der Waals surface area contributed by atoms with Crippen LogP contribution in [0.3, 0.4) is 0 Å². The highest BCUT2D eigenvalue weighted by Crippen LogP contribution is 2.29. The van der Waals surface area contributed by atoms with Gasteiger partial charge in [0.15, 0.2) is 0 Å². The number of hydrogen-bond donors (Lipinski definition) is 1. The Hall–Kier alpha value is -1.07. The number of rotatable bonds is 6. The molecule has 0 amide bonds. The summed E-state index contributed by atoms with van der Waals surface area (Å²) in [7, 11) is 2.97.